The number of benzene rings is 1. The van der Waals surface area contributed by atoms with Gasteiger partial charge in [0.05, 0.1) is 6.42 Å². The van der Waals surface area contributed by atoms with Gasteiger partial charge in [0.15, 0.2) is 0 Å². The number of amides is 1. The molecule has 6 heteroatoms. The molecule has 0 aromatic heterocycles. The first-order chi connectivity index (χ1) is 11.5. The number of aliphatic carboxylic acids is 1. The predicted molar refractivity (Wildman–Crippen MR) is 90.2 cm³/mol. The normalized spacial score (nSPS) is 15.5. The number of rotatable bonds is 8. The highest BCUT2D eigenvalue weighted by molar-refractivity contribution is 5.94. The maximum Gasteiger partial charge on any atom is 0.321 e. The quantitative estimate of drug-likeness (QED) is 0.638. The molecule has 0 saturated heterocycles. The van der Waals surface area contributed by atoms with Crippen LogP contribution in [0, 0.1) is 5.82 Å². The van der Waals surface area contributed by atoms with E-state index in [9.17, 15) is 19.1 Å². The summed E-state index contributed by atoms with van der Waals surface area (Å²) in [4.78, 5) is 23.3. The standard InChI is InChI=1S/C18H23FN2O3/c19-14-7-4-8-15(11-14)21-17(22)12-16(18(23)24)20-10-9-13-5-2-1-3-6-13/h4-5,7-8,11,16,20H,1-3,6,9-10,12H2,(H,21,22)(H,23,24). The zero-order chi connectivity index (χ0) is 17.4. The molecule has 0 radical (unpaired) electrons. The molecule has 0 spiro atoms. The van der Waals surface area contributed by atoms with Gasteiger partial charge in [0.2, 0.25) is 5.91 Å². The van der Waals surface area contributed by atoms with Crippen LogP contribution in [-0.2, 0) is 9.59 Å². The van der Waals surface area contributed by atoms with E-state index in [-0.39, 0.29) is 6.42 Å². The number of carbonyl (C=O) groups excluding carboxylic acids is 1. The fourth-order valence-electron chi connectivity index (χ4n) is 2.75. The van der Waals surface area contributed by atoms with Crippen LogP contribution in [0.3, 0.4) is 0 Å². The van der Waals surface area contributed by atoms with Crippen molar-refractivity contribution in [2.75, 3.05) is 11.9 Å². The minimum Gasteiger partial charge on any atom is -0.480 e. The number of nitrogens with one attached hydrogen (secondary N) is 2. The van der Waals surface area contributed by atoms with Crippen LogP contribution in [0.25, 0.3) is 0 Å². The molecule has 3 N–H and O–H groups in total. The van der Waals surface area contributed by atoms with Crippen molar-refractivity contribution in [3.63, 3.8) is 0 Å². The molecule has 24 heavy (non-hydrogen) atoms. The molecule has 1 amide bonds. The lowest BCUT2D eigenvalue weighted by Crippen LogP contribution is -2.40. The number of hydrogen-bond acceptors (Lipinski definition) is 3. The van der Waals surface area contributed by atoms with Crippen molar-refractivity contribution in [3.8, 4) is 0 Å². The molecule has 2 rings (SSSR count). The fraction of sp³-hybridized carbons (Fsp3) is 0.444. The monoisotopic (exact) mass is 334 g/mol. The zero-order valence-electron chi connectivity index (χ0n) is 13.6. The second kappa shape index (κ2) is 9.17. The lowest BCUT2D eigenvalue weighted by molar-refractivity contribution is -0.141. The highest BCUT2D eigenvalue weighted by Gasteiger charge is 2.20. The van der Waals surface area contributed by atoms with Crippen molar-refractivity contribution in [2.24, 2.45) is 0 Å². The van der Waals surface area contributed by atoms with Gasteiger partial charge in [-0.2, -0.15) is 0 Å². The van der Waals surface area contributed by atoms with Crippen LogP contribution in [0.15, 0.2) is 35.9 Å². The summed E-state index contributed by atoms with van der Waals surface area (Å²) in [6.45, 7) is 0.524. The Bertz CT molecular complexity index is 616. The highest BCUT2D eigenvalue weighted by Crippen LogP contribution is 2.19. The number of anilines is 1. The number of allylic oxidation sites excluding steroid dienone is 1. The van der Waals surface area contributed by atoms with E-state index in [1.165, 1.54) is 36.6 Å². The van der Waals surface area contributed by atoms with E-state index in [1.807, 2.05) is 0 Å². The van der Waals surface area contributed by atoms with Crippen molar-refractivity contribution in [1.29, 1.82) is 0 Å². The van der Waals surface area contributed by atoms with Gasteiger partial charge in [-0.3, -0.25) is 9.59 Å². The van der Waals surface area contributed by atoms with Gasteiger partial charge in [0.25, 0.3) is 0 Å². The lowest BCUT2D eigenvalue weighted by atomic mass is 9.97. The molecule has 130 valence electrons. The van der Waals surface area contributed by atoms with Crippen LogP contribution < -0.4 is 10.6 Å². The number of carboxylic acid groups (broad SMARTS) is 1. The second-order valence-electron chi connectivity index (χ2n) is 5.97. The third kappa shape index (κ3) is 6.12. The summed E-state index contributed by atoms with van der Waals surface area (Å²) in [5, 5.41) is 14.7. The summed E-state index contributed by atoms with van der Waals surface area (Å²) in [6, 6.07) is 4.55. The zero-order valence-corrected chi connectivity index (χ0v) is 13.6. The molecule has 1 aliphatic carbocycles. The SMILES string of the molecule is O=C(CC(NCCC1=CCCCC1)C(=O)O)Nc1cccc(F)c1. The van der Waals surface area contributed by atoms with Gasteiger partial charge in [0.1, 0.15) is 11.9 Å². The molecule has 1 aromatic carbocycles. The Balaban J connectivity index is 1.80. The van der Waals surface area contributed by atoms with Crippen LogP contribution >= 0.6 is 0 Å². The van der Waals surface area contributed by atoms with Crippen LogP contribution in [0.2, 0.25) is 0 Å². The first-order valence-corrected chi connectivity index (χ1v) is 8.24. The Kier molecular flexibility index (Phi) is 6.93. The summed E-state index contributed by atoms with van der Waals surface area (Å²) in [7, 11) is 0. The summed E-state index contributed by atoms with van der Waals surface area (Å²) in [5.74, 6) is -1.99. The van der Waals surface area contributed by atoms with Crippen molar-refractivity contribution in [3.05, 3.63) is 41.7 Å². The Hall–Kier alpha value is -2.21. The predicted octanol–water partition coefficient (Wildman–Crippen LogP) is 3.09. The Morgan fingerprint density at radius 2 is 2.12 bits per heavy atom. The van der Waals surface area contributed by atoms with Gasteiger partial charge in [-0.15, -0.1) is 0 Å². The van der Waals surface area contributed by atoms with E-state index >= 15 is 0 Å². The van der Waals surface area contributed by atoms with E-state index in [2.05, 4.69) is 16.7 Å². The van der Waals surface area contributed by atoms with Crippen molar-refractivity contribution < 1.29 is 19.1 Å². The molecule has 0 aliphatic heterocycles. The molecule has 0 heterocycles. The van der Waals surface area contributed by atoms with Gasteiger partial charge >= 0.3 is 5.97 Å². The van der Waals surface area contributed by atoms with Gasteiger partial charge in [-0.1, -0.05) is 17.7 Å². The first kappa shape index (κ1) is 18.1. The molecule has 1 aliphatic rings. The average molecular weight is 334 g/mol. The van der Waals surface area contributed by atoms with Crippen LogP contribution in [0.5, 0.6) is 0 Å². The van der Waals surface area contributed by atoms with Gasteiger partial charge in [0, 0.05) is 5.69 Å². The van der Waals surface area contributed by atoms with E-state index in [4.69, 9.17) is 0 Å². The largest absolute Gasteiger partial charge is 0.480 e. The summed E-state index contributed by atoms with van der Waals surface area (Å²) >= 11 is 0. The molecular weight excluding hydrogens is 311 g/mol. The molecule has 1 atom stereocenters. The van der Waals surface area contributed by atoms with Crippen LogP contribution in [-0.4, -0.2) is 29.6 Å². The molecular formula is C18H23FN2O3. The van der Waals surface area contributed by atoms with Crippen molar-refractivity contribution >= 4 is 17.6 Å². The van der Waals surface area contributed by atoms with E-state index in [0.29, 0.717) is 12.2 Å². The van der Waals surface area contributed by atoms with E-state index in [1.54, 1.807) is 6.07 Å². The summed E-state index contributed by atoms with van der Waals surface area (Å²) in [6.07, 6.45) is 7.38. The third-order valence-electron chi connectivity index (χ3n) is 4.02. The van der Waals surface area contributed by atoms with Gasteiger partial charge < -0.3 is 15.7 Å². The fourth-order valence-corrected chi connectivity index (χ4v) is 2.75. The van der Waals surface area contributed by atoms with Crippen LogP contribution in [0.1, 0.15) is 38.5 Å². The van der Waals surface area contributed by atoms with Crippen molar-refractivity contribution in [2.45, 2.75) is 44.6 Å². The second-order valence-corrected chi connectivity index (χ2v) is 5.97. The molecule has 0 saturated carbocycles. The van der Waals surface area contributed by atoms with Crippen LogP contribution in [0.4, 0.5) is 10.1 Å². The minimum atomic E-state index is -1.07. The molecule has 1 unspecified atom stereocenters. The molecule has 5 nitrogen and oxygen atoms in total. The van der Waals surface area contributed by atoms with E-state index in [0.717, 1.165) is 19.3 Å². The summed E-state index contributed by atoms with van der Waals surface area (Å²) < 4.78 is 13.1. The topological polar surface area (TPSA) is 78.4 Å². The van der Waals surface area contributed by atoms with Crippen molar-refractivity contribution in [1.82, 2.24) is 5.32 Å². The number of carboxylic acids is 1. The number of halogens is 1. The Morgan fingerprint density at radius 3 is 2.79 bits per heavy atom. The number of hydrogen-bond donors (Lipinski definition) is 3. The first-order valence-electron chi connectivity index (χ1n) is 8.24. The molecule has 0 bridgehead atoms. The lowest BCUT2D eigenvalue weighted by Gasteiger charge is -2.17. The Labute approximate surface area is 140 Å². The minimum absolute atomic E-state index is 0.203. The third-order valence-corrected chi connectivity index (χ3v) is 4.02. The average Bonchev–Trinajstić information content (AvgIpc) is 2.54. The molecule has 1 aromatic rings. The maximum atomic E-state index is 13.1. The van der Waals surface area contributed by atoms with Gasteiger partial charge in [-0.25, -0.2) is 4.39 Å². The maximum absolute atomic E-state index is 13.1. The van der Waals surface area contributed by atoms with E-state index < -0.39 is 23.7 Å². The highest BCUT2D eigenvalue weighted by atomic mass is 19.1. The van der Waals surface area contributed by atoms with Gasteiger partial charge in [-0.05, 0) is 56.8 Å². The number of carbonyl (C=O) groups is 2. The Morgan fingerprint density at radius 1 is 1.29 bits per heavy atom. The summed E-state index contributed by atoms with van der Waals surface area (Å²) in [5.41, 5.74) is 1.67. The smallest absolute Gasteiger partial charge is 0.321 e. The molecule has 0 fully saturated rings.